The van der Waals surface area contributed by atoms with Crippen molar-refractivity contribution in [3.63, 3.8) is 0 Å². The van der Waals surface area contributed by atoms with Crippen LogP contribution in [-0.4, -0.2) is 25.9 Å². The molecule has 35 heavy (non-hydrogen) atoms. The van der Waals surface area contributed by atoms with Crippen molar-refractivity contribution in [3.05, 3.63) is 99.3 Å². The molecule has 0 radical (unpaired) electrons. The Hall–Kier alpha value is -3.78. The number of aromatic amines is 1. The van der Waals surface area contributed by atoms with E-state index < -0.39 is 0 Å². The van der Waals surface area contributed by atoms with Crippen LogP contribution in [0.25, 0.3) is 33.3 Å². The van der Waals surface area contributed by atoms with E-state index in [1.165, 1.54) is 12.1 Å². The van der Waals surface area contributed by atoms with Gasteiger partial charge in [0.05, 0.1) is 18.2 Å². The molecule has 0 amide bonds. The van der Waals surface area contributed by atoms with Crippen molar-refractivity contribution in [1.82, 2.24) is 19.7 Å². The molecule has 2 aromatic carbocycles. The summed E-state index contributed by atoms with van der Waals surface area (Å²) in [7, 11) is 0. The number of ether oxygens (including phenoxy) is 1. The van der Waals surface area contributed by atoms with Crippen molar-refractivity contribution in [2.75, 3.05) is 0 Å². The zero-order chi connectivity index (χ0) is 24.5. The average Bonchev–Trinajstić information content (AvgIpc) is 3.23. The van der Waals surface area contributed by atoms with E-state index in [1.807, 2.05) is 50.2 Å². The third-order valence-corrected chi connectivity index (χ3v) is 5.99. The van der Waals surface area contributed by atoms with Crippen LogP contribution in [-0.2, 0) is 6.54 Å². The van der Waals surface area contributed by atoms with Gasteiger partial charge in [0.25, 0.3) is 5.56 Å². The van der Waals surface area contributed by atoms with Crippen LogP contribution >= 0.6 is 15.9 Å². The lowest BCUT2D eigenvalue weighted by Gasteiger charge is -2.09. The first-order valence-corrected chi connectivity index (χ1v) is 11.9. The van der Waals surface area contributed by atoms with E-state index in [1.54, 1.807) is 29.1 Å². The normalized spacial score (nSPS) is 11.3. The van der Waals surface area contributed by atoms with Crippen LogP contribution in [0.2, 0.25) is 0 Å². The van der Waals surface area contributed by atoms with Gasteiger partial charge in [-0.1, -0.05) is 22.0 Å². The fraction of sp³-hybridized carbons (Fsp3) is 0.148. The van der Waals surface area contributed by atoms with E-state index in [-0.39, 0.29) is 24.0 Å². The molecule has 0 aliphatic rings. The highest BCUT2D eigenvalue weighted by Crippen LogP contribution is 2.30. The molecule has 6 nitrogen and oxygen atoms in total. The van der Waals surface area contributed by atoms with Crippen LogP contribution in [0, 0.1) is 5.82 Å². The Labute approximate surface area is 209 Å². The number of hydrogen-bond acceptors (Lipinski definition) is 4. The van der Waals surface area contributed by atoms with Crippen LogP contribution in [0.5, 0.6) is 5.88 Å². The summed E-state index contributed by atoms with van der Waals surface area (Å²) in [5.74, 6) is 0.219. The largest absolute Gasteiger partial charge is 0.475 e. The van der Waals surface area contributed by atoms with Crippen molar-refractivity contribution in [1.29, 1.82) is 0 Å². The molecular formula is C27H22BrFN4O2. The predicted molar refractivity (Wildman–Crippen MR) is 138 cm³/mol. The lowest BCUT2D eigenvalue weighted by atomic mass is 10.0. The Morgan fingerprint density at radius 2 is 1.83 bits per heavy atom. The summed E-state index contributed by atoms with van der Waals surface area (Å²) in [6.45, 7) is 4.19. The Morgan fingerprint density at radius 1 is 1.03 bits per heavy atom. The summed E-state index contributed by atoms with van der Waals surface area (Å²) < 4.78 is 21.5. The fourth-order valence-corrected chi connectivity index (χ4v) is 4.47. The number of rotatable bonds is 6. The molecule has 176 valence electrons. The van der Waals surface area contributed by atoms with Crippen LogP contribution in [0.3, 0.4) is 0 Å². The van der Waals surface area contributed by atoms with Crippen molar-refractivity contribution in [2.45, 2.75) is 26.5 Å². The van der Waals surface area contributed by atoms with Crippen molar-refractivity contribution in [2.24, 2.45) is 0 Å². The second-order valence-electron chi connectivity index (χ2n) is 8.54. The maximum absolute atomic E-state index is 13.7. The lowest BCUT2D eigenvalue weighted by molar-refractivity contribution is 0.232. The van der Waals surface area contributed by atoms with Gasteiger partial charge in [0.2, 0.25) is 5.88 Å². The van der Waals surface area contributed by atoms with Gasteiger partial charge in [-0.3, -0.25) is 9.89 Å². The van der Waals surface area contributed by atoms with Crippen LogP contribution < -0.4 is 10.3 Å². The molecule has 0 unspecified atom stereocenters. The molecule has 0 aliphatic carbocycles. The summed E-state index contributed by atoms with van der Waals surface area (Å²) in [5.41, 5.74) is 4.74. The number of aromatic nitrogens is 4. The summed E-state index contributed by atoms with van der Waals surface area (Å²) >= 11 is 3.29. The summed E-state index contributed by atoms with van der Waals surface area (Å²) in [6, 6.07) is 17.8. The Morgan fingerprint density at radius 3 is 2.54 bits per heavy atom. The van der Waals surface area contributed by atoms with Gasteiger partial charge in [-0.05, 0) is 73.0 Å². The molecule has 5 aromatic rings. The van der Waals surface area contributed by atoms with Gasteiger partial charge in [0, 0.05) is 39.9 Å². The number of benzene rings is 2. The van der Waals surface area contributed by atoms with E-state index in [2.05, 4.69) is 31.1 Å². The fourth-order valence-electron chi connectivity index (χ4n) is 3.96. The highest BCUT2D eigenvalue weighted by atomic mass is 79.9. The number of fused-ring (bicyclic) bond motifs is 1. The molecule has 0 bridgehead atoms. The first kappa shape index (κ1) is 23.0. The lowest BCUT2D eigenvalue weighted by Crippen LogP contribution is -2.19. The maximum Gasteiger partial charge on any atom is 0.251 e. The Bertz CT molecular complexity index is 1550. The zero-order valence-electron chi connectivity index (χ0n) is 19.1. The highest BCUT2D eigenvalue weighted by molar-refractivity contribution is 9.10. The SMILES string of the molecule is CC(C)Oc1ccc(-c2n[nH]c3ccc(-c4ccn(Cc5cc(F)cc(Br)c5)c(=O)c4)cc23)cn1. The van der Waals surface area contributed by atoms with Crippen molar-refractivity contribution in [3.8, 4) is 28.3 Å². The average molecular weight is 533 g/mol. The highest BCUT2D eigenvalue weighted by Gasteiger charge is 2.12. The minimum atomic E-state index is -0.347. The maximum atomic E-state index is 13.7. The van der Waals surface area contributed by atoms with Gasteiger partial charge in [-0.25, -0.2) is 9.37 Å². The first-order valence-electron chi connectivity index (χ1n) is 11.1. The van der Waals surface area contributed by atoms with E-state index in [4.69, 9.17) is 4.74 Å². The molecule has 0 saturated heterocycles. The van der Waals surface area contributed by atoms with Gasteiger partial charge in [-0.2, -0.15) is 5.10 Å². The van der Waals surface area contributed by atoms with Crippen LogP contribution in [0.4, 0.5) is 4.39 Å². The van der Waals surface area contributed by atoms with E-state index in [0.29, 0.717) is 15.9 Å². The number of pyridine rings is 2. The van der Waals surface area contributed by atoms with Crippen molar-refractivity contribution < 1.29 is 9.13 Å². The predicted octanol–water partition coefficient (Wildman–Crippen LogP) is 6.19. The summed E-state index contributed by atoms with van der Waals surface area (Å²) in [5, 5.41) is 8.46. The molecule has 0 fully saturated rings. The molecule has 0 aliphatic heterocycles. The molecule has 0 atom stereocenters. The standard InChI is InChI=1S/C27H22BrFN4O2/c1-16(2)35-25-6-4-20(14-30-25)27-23-11-18(3-5-24(23)31-32-27)19-7-8-33(26(34)12-19)15-17-9-21(28)13-22(29)10-17/h3-14,16H,15H2,1-2H3,(H,31,32). The van der Waals surface area contributed by atoms with Gasteiger partial charge < -0.3 is 9.30 Å². The van der Waals surface area contributed by atoms with Crippen LogP contribution in [0.1, 0.15) is 19.4 Å². The molecule has 3 aromatic heterocycles. The molecule has 5 rings (SSSR count). The summed E-state index contributed by atoms with van der Waals surface area (Å²) in [4.78, 5) is 17.2. The zero-order valence-corrected chi connectivity index (χ0v) is 20.7. The minimum Gasteiger partial charge on any atom is -0.475 e. The minimum absolute atomic E-state index is 0.0494. The third kappa shape index (κ3) is 5.02. The number of H-pyrrole nitrogens is 1. The monoisotopic (exact) mass is 532 g/mol. The van der Waals surface area contributed by atoms with E-state index >= 15 is 0 Å². The molecule has 3 heterocycles. The Kier molecular flexibility index (Phi) is 6.21. The van der Waals surface area contributed by atoms with Gasteiger partial charge in [0.15, 0.2) is 0 Å². The topological polar surface area (TPSA) is 72.8 Å². The van der Waals surface area contributed by atoms with Crippen LogP contribution in [0.15, 0.2) is 82.3 Å². The second kappa shape index (κ2) is 9.46. The molecule has 0 spiro atoms. The smallest absolute Gasteiger partial charge is 0.251 e. The number of nitrogens with zero attached hydrogens (tertiary/aromatic N) is 3. The van der Waals surface area contributed by atoms with Gasteiger partial charge in [0.1, 0.15) is 11.5 Å². The van der Waals surface area contributed by atoms with Gasteiger partial charge in [-0.15, -0.1) is 0 Å². The first-order chi connectivity index (χ1) is 16.9. The van der Waals surface area contributed by atoms with Gasteiger partial charge >= 0.3 is 0 Å². The second-order valence-corrected chi connectivity index (χ2v) is 9.46. The van der Waals surface area contributed by atoms with E-state index in [0.717, 1.165) is 33.3 Å². The number of nitrogens with one attached hydrogen (secondary N) is 1. The molecule has 0 saturated carbocycles. The Balaban J connectivity index is 1.45. The van der Waals surface area contributed by atoms with E-state index in [9.17, 15) is 9.18 Å². The quantitative estimate of drug-likeness (QED) is 0.283. The number of halogens is 2. The molecular weight excluding hydrogens is 511 g/mol. The number of hydrogen-bond donors (Lipinski definition) is 1. The molecule has 8 heteroatoms. The van der Waals surface area contributed by atoms with Crippen molar-refractivity contribution >= 4 is 26.8 Å². The molecule has 1 N–H and O–H groups in total. The third-order valence-electron chi connectivity index (χ3n) is 5.53. The summed E-state index contributed by atoms with van der Waals surface area (Å²) in [6.07, 6.45) is 3.52.